The fraction of sp³-hybridized carbons (Fsp3) is 0.308. The Balaban J connectivity index is 2.42. The second kappa shape index (κ2) is 5.47. The van der Waals surface area contributed by atoms with E-state index in [1.165, 1.54) is 0 Å². The van der Waals surface area contributed by atoms with Gasteiger partial charge in [0.2, 0.25) is 11.8 Å². The summed E-state index contributed by atoms with van der Waals surface area (Å²) in [7, 11) is 1.05. The Morgan fingerprint density at radius 1 is 1.33 bits per heavy atom. The maximum atomic E-state index is 13.8. The SMILES string of the molecule is COC(=O)c1cc(N2CC(C(N)=O)CC2=O)c(F)cc1F. The monoisotopic (exact) mass is 298 g/mol. The number of halogens is 2. The molecule has 1 aliphatic rings. The van der Waals surface area contributed by atoms with Gasteiger partial charge in [-0.1, -0.05) is 0 Å². The second-order valence-electron chi connectivity index (χ2n) is 4.58. The highest BCUT2D eigenvalue weighted by Crippen LogP contribution is 2.29. The Labute approximate surface area is 118 Å². The predicted octanol–water partition coefficient (Wildman–Crippen LogP) is 0.590. The van der Waals surface area contributed by atoms with E-state index in [-0.39, 0.29) is 18.7 Å². The van der Waals surface area contributed by atoms with Crippen molar-refractivity contribution in [3.8, 4) is 0 Å². The molecule has 1 unspecified atom stereocenters. The molecule has 21 heavy (non-hydrogen) atoms. The van der Waals surface area contributed by atoms with E-state index in [1.807, 2.05) is 0 Å². The summed E-state index contributed by atoms with van der Waals surface area (Å²) >= 11 is 0. The normalized spacial score (nSPS) is 18.0. The number of benzene rings is 1. The van der Waals surface area contributed by atoms with Gasteiger partial charge in [-0.3, -0.25) is 9.59 Å². The highest BCUT2D eigenvalue weighted by molar-refractivity contribution is 6.01. The number of anilines is 1. The van der Waals surface area contributed by atoms with Crippen LogP contribution in [-0.2, 0) is 14.3 Å². The van der Waals surface area contributed by atoms with Gasteiger partial charge < -0.3 is 15.4 Å². The van der Waals surface area contributed by atoms with Crippen molar-refractivity contribution in [1.29, 1.82) is 0 Å². The molecule has 0 spiro atoms. The third-order valence-corrected chi connectivity index (χ3v) is 3.26. The lowest BCUT2D eigenvalue weighted by Gasteiger charge is -2.18. The van der Waals surface area contributed by atoms with Gasteiger partial charge in [0.05, 0.1) is 24.3 Å². The first-order chi connectivity index (χ1) is 9.85. The lowest BCUT2D eigenvalue weighted by Crippen LogP contribution is -2.29. The van der Waals surface area contributed by atoms with Crippen LogP contribution < -0.4 is 10.6 Å². The summed E-state index contributed by atoms with van der Waals surface area (Å²) in [5, 5.41) is 0. The zero-order valence-corrected chi connectivity index (χ0v) is 11.1. The quantitative estimate of drug-likeness (QED) is 0.827. The fourth-order valence-electron chi connectivity index (χ4n) is 2.14. The summed E-state index contributed by atoms with van der Waals surface area (Å²) < 4.78 is 31.8. The van der Waals surface area contributed by atoms with Gasteiger partial charge in [0, 0.05) is 19.0 Å². The van der Waals surface area contributed by atoms with Crippen LogP contribution >= 0.6 is 0 Å². The second-order valence-corrected chi connectivity index (χ2v) is 4.58. The molecule has 2 rings (SSSR count). The molecule has 0 saturated carbocycles. The van der Waals surface area contributed by atoms with E-state index in [9.17, 15) is 23.2 Å². The molecule has 2 N–H and O–H groups in total. The highest BCUT2D eigenvalue weighted by Gasteiger charge is 2.35. The first-order valence-electron chi connectivity index (χ1n) is 6.02. The molecule has 112 valence electrons. The minimum atomic E-state index is -1.10. The summed E-state index contributed by atoms with van der Waals surface area (Å²) in [4.78, 5) is 35.3. The smallest absolute Gasteiger partial charge is 0.340 e. The van der Waals surface area contributed by atoms with Crippen molar-refractivity contribution in [1.82, 2.24) is 0 Å². The molecular weight excluding hydrogens is 286 g/mol. The van der Waals surface area contributed by atoms with Crippen molar-refractivity contribution in [2.24, 2.45) is 11.7 Å². The minimum Gasteiger partial charge on any atom is -0.465 e. The maximum absolute atomic E-state index is 13.8. The Bertz CT molecular complexity index is 633. The van der Waals surface area contributed by atoms with E-state index in [4.69, 9.17) is 5.73 Å². The van der Waals surface area contributed by atoms with Crippen LogP contribution in [0.2, 0.25) is 0 Å². The van der Waals surface area contributed by atoms with Crippen LogP contribution in [0.3, 0.4) is 0 Å². The van der Waals surface area contributed by atoms with Gasteiger partial charge in [-0.15, -0.1) is 0 Å². The first-order valence-corrected chi connectivity index (χ1v) is 6.02. The number of hydrogen-bond acceptors (Lipinski definition) is 4. The standard InChI is InChI=1S/C13H12F2N2O4/c1-21-13(20)7-3-10(9(15)4-8(7)14)17-5-6(12(16)19)2-11(17)18/h3-4,6H,2,5H2,1H3,(H2,16,19). The van der Waals surface area contributed by atoms with Gasteiger partial charge in [0.15, 0.2) is 0 Å². The number of rotatable bonds is 3. The average molecular weight is 298 g/mol. The Kier molecular flexibility index (Phi) is 3.88. The molecule has 1 atom stereocenters. The summed E-state index contributed by atoms with van der Waals surface area (Å²) in [5.41, 5.74) is 4.33. The maximum Gasteiger partial charge on any atom is 0.340 e. The van der Waals surface area contributed by atoms with Crippen LogP contribution in [0.15, 0.2) is 12.1 Å². The van der Waals surface area contributed by atoms with Crippen molar-refractivity contribution in [2.45, 2.75) is 6.42 Å². The van der Waals surface area contributed by atoms with E-state index in [0.29, 0.717) is 6.07 Å². The van der Waals surface area contributed by atoms with E-state index < -0.39 is 40.9 Å². The molecule has 1 aromatic rings. The minimum absolute atomic E-state index is 0.114. The van der Waals surface area contributed by atoms with Crippen LogP contribution in [-0.4, -0.2) is 31.4 Å². The third-order valence-electron chi connectivity index (χ3n) is 3.26. The molecule has 1 fully saturated rings. The highest BCUT2D eigenvalue weighted by atomic mass is 19.1. The molecule has 2 amide bonds. The molecule has 1 aliphatic heterocycles. The lowest BCUT2D eigenvalue weighted by atomic mass is 10.1. The zero-order valence-electron chi connectivity index (χ0n) is 11.1. The van der Waals surface area contributed by atoms with Crippen molar-refractivity contribution >= 4 is 23.5 Å². The van der Waals surface area contributed by atoms with Gasteiger partial charge in [0.1, 0.15) is 11.6 Å². The largest absolute Gasteiger partial charge is 0.465 e. The van der Waals surface area contributed by atoms with Crippen LogP contribution in [0.25, 0.3) is 0 Å². The average Bonchev–Trinajstić information content (AvgIpc) is 2.80. The summed E-state index contributed by atoms with van der Waals surface area (Å²) in [6, 6.07) is 1.38. The van der Waals surface area contributed by atoms with Crippen molar-refractivity contribution < 1.29 is 27.9 Å². The summed E-state index contributed by atoms with van der Waals surface area (Å²) in [5.74, 6) is -5.06. The number of esters is 1. The Hall–Kier alpha value is -2.51. The fourth-order valence-corrected chi connectivity index (χ4v) is 2.14. The first kappa shape index (κ1) is 14.9. The molecule has 6 nitrogen and oxygen atoms in total. The van der Waals surface area contributed by atoms with Gasteiger partial charge >= 0.3 is 5.97 Å². The number of methoxy groups -OCH3 is 1. The van der Waals surface area contributed by atoms with Gasteiger partial charge in [0.25, 0.3) is 0 Å². The molecule has 1 heterocycles. The van der Waals surface area contributed by atoms with Crippen molar-refractivity contribution in [2.75, 3.05) is 18.6 Å². The summed E-state index contributed by atoms with van der Waals surface area (Å²) in [6.07, 6.45) is -0.153. The summed E-state index contributed by atoms with van der Waals surface area (Å²) in [6.45, 7) is -0.114. The molecule has 0 aliphatic carbocycles. The number of ether oxygens (including phenoxy) is 1. The number of nitrogens with zero attached hydrogens (tertiary/aromatic N) is 1. The molecular formula is C13H12F2N2O4. The Morgan fingerprint density at radius 3 is 2.52 bits per heavy atom. The zero-order chi connectivity index (χ0) is 15.7. The van der Waals surface area contributed by atoms with Crippen molar-refractivity contribution in [3.05, 3.63) is 29.3 Å². The Morgan fingerprint density at radius 2 is 2.00 bits per heavy atom. The molecule has 1 aromatic carbocycles. The third kappa shape index (κ3) is 2.69. The van der Waals surface area contributed by atoms with Crippen LogP contribution in [0, 0.1) is 17.6 Å². The van der Waals surface area contributed by atoms with E-state index >= 15 is 0 Å². The van der Waals surface area contributed by atoms with E-state index in [2.05, 4.69) is 4.74 Å². The van der Waals surface area contributed by atoms with Gasteiger partial charge in [-0.25, -0.2) is 13.6 Å². The topological polar surface area (TPSA) is 89.7 Å². The number of amides is 2. The number of nitrogens with two attached hydrogens (primary N) is 1. The van der Waals surface area contributed by atoms with E-state index in [1.54, 1.807) is 0 Å². The number of primary amides is 1. The number of hydrogen-bond donors (Lipinski definition) is 1. The molecule has 0 aromatic heterocycles. The predicted molar refractivity (Wildman–Crippen MR) is 67.4 cm³/mol. The van der Waals surface area contributed by atoms with Gasteiger partial charge in [-0.2, -0.15) is 0 Å². The van der Waals surface area contributed by atoms with Crippen LogP contribution in [0.1, 0.15) is 16.8 Å². The van der Waals surface area contributed by atoms with Gasteiger partial charge in [-0.05, 0) is 6.07 Å². The van der Waals surface area contributed by atoms with Crippen molar-refractivity contribution in [3.63, 3.8) is 0 Å². The number of carbonyl (C=O) groups is 3. The molecule has 8 heteroatoms. The van der Waals surface area contributed by atoms with E-state index in [0.717, 1.165) is 18.1 Å². The number of carbonyl (C=O) groups excluding carboxylic acids is 3. The molecule has 1 saturated heterocycles. The molecule has 0 bridgehead atoms. The van der Waals surface area contributed by atoms with Crippen LogP contribution in [0.5, 0.6) is 0 Å². The van der Waals surface area contributed by atoms with Crippen LogP contribution in [0.4, 0.5) is 14.5 Å². The lowest BCUT2D eigenvalue weighted by molar-refractivity contribution is -0.123. The molecule has 0 radical (unpaired) electrons.